The number of hydrazine groups is 1. The first-order valence-electron chi connectivity index (χ1n) is 4.55. The van der Waals surface area contributed by atoms with Gasteiger partial charge in [0.05, 0.1) is 0 Å². The number of nitrogens with one attached hydrogen (secondary N) is 2. The molecule has 68 valence electrons. The summed E-state index contributed by atoms with van der Waals surface area (Å²) < 4.78 is 0. The maximum absolute atomic E-state index is 11.3. The first-order chi connectivity index (χ1) is 5.81. The molecule has 2 aliphatic rings. The second-order valence-electron chi connectivity index (χ2n) is 3.79. The van der Waals surface area contributed by atoms with E-state index in [0.29, 0.717) is 12.0 Å². The summed E-state index contributed by atoms with van der Waals surface area (Å²) in [5, 5.41) is 3.41. The van der Waals surface area contributed by atoms with E-state index >= 15 is 0 Å². The van der Waals surface area contributed by atoms with Crippen molar-refractivity contribution in [2.75, 3.05) is 6.54 Å². The maximum atomic E-state index is 11.3. The summed E-state index contributed by atoms with van der Waals surface area (Å²) in [6, 6.07) is 0.664. The van der Waals surface area contributed by atoms with Crippen LogP contribution in [-0.2, 0) is 4.79 Å². The fourth-order valence-corrected chi connectivity index (χ4v) is 2.45. The summed E-state index contributed by atoms with van der Waals surface area (Å²) >= 11 is 0. The van der Waals surface area contributed by atoms with Crippen molar-refractivity contribution in [3.63, 3.8) is 0 Å². The van der Waals surface area contributed by atoms with Crippen LogP contribution in [0.1, 0.15) is 19.3 Å². The van der Waals surface area contributed by atoms with E-state index in [4.69, 9.17) is 5.84 Å². The predicted octanol–water partition coefficient (Wildman–Crippen LogP) is -0.636. The normalized spacial score (nSPS) is 39.6. The molecule has 2 fully saturated rings. The molecular weight excluding hydrogens is 154 g/mol. The molecule has 1 saturated carbocycles. The Labute approximate surface area is 71.9 Å². The minimum Gasteiger partial charge on any atom is -0.314 e. The topological polar surface area (TPSA) is 67.1 Å². The smallest absolute Gasteiger partial charge is 0.237 e. The highest BCUT2D eigenvalue weighted by Crippen LogP contribution is 2.34. The Morgan fingerprint density at radius 3 is 3.08 bits per heavy atom. The van der Waals surface area contributed by atoms with Gasteiger partial charge in [0.1, 0.15) is 0 Å². The molecule has 1 aliphatic heterocycles. The fraction of sp³-hybridized carbons (Fsp3) is 0.875. The van der Waals surface area contributed by atoms with E-state index in [2.05, 4.69) is 10.7 Å². The average molecular weight is 169 g/mol. The zero-order valence-corrected chi connectivity index (χ0v) is 7.05. The third-order valence-electron chi connectivity index (χ3n) is 3.13. The molecule has 3 unspecified atom stereocenters. The van der Waals surface area contributed by atoms with Gasteiger partial charge in [0, 0.05) is 12.0 Å². The van der Waals surface area contributed by atoms with Crippen molar-refractivity contribution in [2.45, 2.75) is 25.3 Å². The molecule has 2 rings (SSSR count). The van der Waals surface area contributed by atoms with E-state index in [-0.39, 0.29) is 11.8 Å². The molecule has 0 aromatic heterocycles. The van der Waals surface area contributed by atoms with E-state index in [9.17, 15) is 4.79 Å². The second kappa shape index (κ2) is 3.03. The van der Waals surface area contributed by atoms with Crippen LogP contribution in [0.25, 0.3) is 0 Å². The number of hydrogen-bond donors (Lipinski definition) is 3. The van der Waals surface area contributed by atoms with Gasteiger partial charge in [-0.05, 0) is 31.7 Å². The molecule has 0 aromatic carbocycles. The van der Waals surface area contributed by atoms with E-state index in [1.807, 2.05) is 0 Å². The zero-order valence-electron chi connectivity index (χ0n) is 7.05. The van der Waals surface area contributed by atoms with Crippen molar-refractivity contribution in [1.82, 2.24) is 10.7 Å². The fourth-order valence-electron chi connectivity index (χ4n) is 2.45. The lowest BCUT2D eigenvalue weighted by atomic mass is 9.80. The Morgan fingerprint density at radius 2 is 2.33 bits per heavy atom. The van der Waals surface area contributed by atoms with Gasteiger partial charge in [-0.15, -0.1) is 0 Å². The summed E-state index contributed by atoms with van der Waals surface area (Å²) in [7, 11) is 0. The molecule has 1 saturated heterocycles. The second-order valence-corrected chi connectivity index (χ2v) is 3.79. The molecule has 4 N–H and O–H groups in total. The molecule has 4 heteroatoms. The van der Waals surface area contributed by atoms with Crippen LogP contribution in [-0.4, -0.2) is 18.5 Å². The molecule has 0 spiro atoms. The monoisotopic (exact) mass is 169 g/mol. The molecule has 0 aromatic rings. The largest absolute Gasteiger partial charge is 0.314 e. The molecule has 12 heavy (non-hydrogen) atoms. The van der Waals surface area contributed by atoms with E-state index in [1.165, 1.54) is 0 Å². The van der Waals surface area contributed by atoms with Crippen molar-refractivity contribution < 1.29 is 4.79 Å². The highest BCUT2D eigenvalue weighted by atomic mass is 16.2. The highest BCUT2D eigenvalue weighted by Gasteiger charge is 2.38. The summed E-state index contributed by atoms with van der Waals surface area (Å²) in [6.07, 6.45) is 3.26. The molecule has 0 radical (unpaired) electrons. The molecule has 1 heterocycles. The van der Waals surface area contributed by atoms with Crippen molar-refractivity contribution in [3.05, 3.63) is 0 Å². The number of amides is 1. The summed E-state index contributed by atoms with van der Waals surface area (Å²) in [6.45, 7) is 0.989. The van der Waals surface area contributed by atoms with Crippen molar-refractivity contribution in [2.24, 2.45) is 17.7 Å². The van der Waals surface area contributed by atoms with Gasteiger partial charge in [0.2, 0.25) is 5.91 Å². The van der Waals surface area contributed by atoms with Crippen molar-refractivity contribution in [3.8, 4) is 0 Å². The zero-order chi connectivity index (χ0) is 8.55. The van der Waals surface area contributed by atoms with Gasteiger partial charge in [-0.1, -0.05) is 0 Å². The standard InChI is InChI=1S/C8H15N3O/c9-11-8(12)7-2-1-6-3-5(7)4-10-6/h5-7,10H,1-4,9H2,(H,11,12). The molecule has 1 aliphatic carbocycles. The summed E-state index contributed by atoms with van der Waals surface area (Å²) in [4.78, 5) is 11.3. The minimum absolute atomic E-state index is 0.0159. The van der Waals surface area contributed by atoms with Crippen LogP contribution < -0.4 is 16.6 Å². The van der Waals surface area contributed by atoms with Gasteiger partial charge in [0.15, 0.2) is 0 Å². The number of carbonyl (C=O) groups excluding carboxylic acids is 1. The van der Waals surface area contributed by atoms with Crippen molar-refractivity contribution >= 4 is 5.91 Å². The lowest BCUT2D eigenvalue weighted by molar-refractivity contribution is -0.127. The van der Waals surface area contributed by atoms with Gasteiger partial charge in [-0.3, -0.25) is 10.2 Å². The van der Waals surface area contributed by atoms with E-state index < -0.39 is 0 Å². The number of fused-ring (bicyclic) bond motifs is 2. The van der Waals surface area contributed by atoms with Gasteiger partial charge < -0.3 is 5.32 Å². The third kappa shape index (κ3) is 1.21. The number of hydrogen-bond acceptors (Lipinski definition) is 3. The van der Waals surface area contributed by atoms with Crippen LogP contribution in [0.5, 0.6) is 0 Å². The first kappa shape index (κ1) is 8.01. The maximum Gasteiger partial charge on any atom is 0.237 e. The Morgan fingerprint density at radius 1 is 1.50 bits per heavy atom. The summed E-state index contributed by atoms with van der Waals surface area (Å²) in [5.41, 5.74) is 2.25. The van der Waals surface area contributed by atoms with Crippen LogP contribution >= 0.6 is 0 Å². The van der Waals surface area contributed by atoms with Crippen LogP contribution in [0.2, 0.25) is 0 Å². The van der Waals surface area contributed by atoms with E-state index in [1.54, 1.807) is 0 Å². The first-order valence-corrected chi connectivity index (χ1v) is 4.55. The predicted molar refractivity (Wildman–Crippen MR) is 45.0 cm³/mol. The van der Waals surface area contributed by atoms with Crippen LogP contribution in [0.4, 0.5) is 0 Å². The van der Waals surface area contributed by atoms with Gasteiger partial charge in [0.25, 0.3) is 0 Å². The van der Waals surface area contributed by atoms with Gasteiger partial charge in [-0.25, -0.2) is 5.84 Å². The highest BCUT2D eigenvalue weighted by molar-refractivity contribution is 5.78. The number of carbonyl (C=O) groups is 1. The average Bonchev–Trinajstić information content (AvgIpc) is 2.47. The molecule has 4 nitrogen and oxygen atoms in total. The Bertz CT molecular complexity index is 195. The van der Waals surface area contributed by atoms with Crippen LogP contribution in [0, 0.1) is 11.8 Å². The Kier molecular flexibility index (Phi) is 2.02. The molecule has 1 amide bonds. The van der Waals surface area contributed by atoms with Crippen LogP contribution in [0.3, 0.4) is 0 Å². The Hall–Kier alpha value is -0.610. The van der Waals surface area contributed by atoms with E-state index in [0.717, 1.165) is 25.8 Å². The third-order valence-corrected chi connectivity index (χ3v) is 3.13. The molecular formula is C8H15N3O. The van der Waals surface area contributed by atoms with Gasteiger partial charge >= 0.3 is 0 Å². The summed E-state index contributed by atoms with van der Waals surface area (Å²) in [5.74, 6) is 5.80. The SMILES string of the molecule is NNC(=O)C1CCC2CC1CN2. The van der Waals surface area contributed by atoms with Crippen LogP contribution in [0.15, 0.2) is 0 Å². The quantitative estimate of drug-likeness (QED) is 0.278. The Balaban J connectivity index is 2.02. The lowest BCUT2D eigenvalue weighted by Crippen LogP contribution is -2.40. The van der Waals surface area contributed by atoms with Crippen molar-refractivity contribution in [1.29, 1.82) is 0 Å². The number of nitrogens with two attached hydrogens (primary N) is 1. The minimum atomic E-state index is 0.0159. The van der Waals surface area contributed by atoms with Gasteiger partial charge in [-0.2, -0.15) is 0 Å². The molecule has 2 bridgehead atoms. The lowest BCUT2D eigenvalue weighted by Gasteiger charge is -2.25. The molecule has 3 atom stereocenters. The number of rotatable bonds is 1.